The number of aliphatic carboxylic acids is 2. The standard InChI is InChI=1S/C21H25N3O.C2H2O4/c1-25-19-8-6-17(7-9-19)15-23-10-12-24(13-11-23)16-18-14-22-21-5-3-2-4-20(18)21;3-1(4)2(5)6/h2-9,14,22H,10-13,15-16H2,1H3;(H,3,4)(H,5,6). The number of methoxy groups -OCH3 is 1. The van der Waals surface area contributed by atoms with E-state index < -0.39 is 11.9 Å². The van der Waals surface area contributed by atoms with Gasteiger partial charge in [0.25, 0.3) is 0 Å². The quantitative estimate of drug-likeness (QED) is 0.540. The molecule has 31 heavy (non-hydrogen) atoms. The molecule has 1 fully saturated rings. The predicted octanol–water partition coefficient (Wildman–Crippen LogP) is 2.65. The first-order valence-electron chi connectivity index (χ1n) is 10.0. The molecule has 0 atom stereocenters. The number of ether oxygens (including phenoxy) is 1. The molecule has 1 aromatic heterocycles. The number of aromatic amines is 1. The van der Waals surface area contributed by atoms with Gasteiger partial charge in [0.1, 0.15) is 5.75 Å². The van der Waals surface area contributed by atoms with Gasteiger partial charge in [-0.3, -0.25) is 9.80 Å². The fraction of sp³-hybridized carbons (Fsp3) is 0.304. The third-order valence-electron chi connectivity index (χ3n) is 5.28. The Hall–Kier alpha value is -3.36. The Kier molecular flexibility index (Phi) is 7.64. The molecule has 0 spiro atoms. The topological polar surface area (TPSA) is 106 Å². The van der Waals surface area contributed by atoms with Gasteiger partial charge in [0.05, 0.1) is 7.11 Å². The van der Waals surface area contributed by atoms with Crippen molar-refractivity contribution in [3.63, 3.8) is 0 Å². The molecular weight excluding hydrogens is 398 g/mol. The van der Waals surface area contributed by atoms with Gasteiger partial charge in [0.2, 0.25) is 0 Å². The van der Waals surface area contributed by atoms with Crippen LogP contribution in [0.4, 0.5) is 0 Å². The molecule has 8 nitrogen and oxygen atoms in total. The van der Waals surface area contributed by atoms with E-state index in [4.69, 9.17) is 24.5 Å². The zero-order chi connectivity index (χ0) is 22.2. The van der Waals surface area contributed by atoms with Crippen LogP contribution in [-0.2, 0) is 22.7 Å². The van der Waals surface area contributed by atoms with Crippen LogP contribution in [-0.4, -0.2) is 70.2 Å². The lowest BCUT2D eigenvalue weighted by molar-refractivity contribution is -0.159. The highest BCUT2D eigenvalue weighted by Crippen LogP contribution is 2.20. The minimum atomic E-state index is -1.82. The van der Waals surface area contributed by atoms with E-state index in [9.17, 15) is 0 Å². The molecule has 3 aromatic rings. The maximum atomic E-state index is 9.10. The number of benzene rings is 2. The van der Waals surface area contributed by atoms with Crippen LogP contribution in [0.5, 0.6) is 5.75 Å². The van der Waals surface area contributed by atoms with Crippen molar-refractivity contribution < 1.29 is 24.5 Å². The van der Waals surface area contributed by atoms with Crippen molar-refractivity contribution in [2.24, 2.45) is 0 Å². The molecule has 4 rings (SSSR count). The van der Waals surface area contributed by atoms with Crippen LogP contribution in [0.1, 0.15) is 11.1 Å². The lowest BCUT2D eigenvalue weighted by Gasteiger charge is -2.34. The van der Waals surface area contributed by atoms with Gasteiger partial charge in [-0.15, -0.1) is 0 Å². The number of nitrogens with one attached hydrogen (secondary N) is 1. The number of fused-ring (bicyclic) bond motifs is 1. The number of carboxylic acids is 2. The van der Waals surface area contributed by atoms with E-state index in [-0.39, 0.29) is 0 Å². The Morgan fingerprint density at radius 1 is 0.903 bits per heavy atom. The second-order valence-electron chi connectivity index (χ2n) is 7.37. The average molecular weight is 425 g/mol. The van der Waals surface area contributed by atoms with Crippen molar-refractivity contribution in [1.82, 2.24) is 14.8 Å². The molecule has 0 aliphatic carbocycles. The number of piperazine rings is 1. The van der Waals surface area contributed by atoms with Crippen molar-refractivity contribution in [2.45, 2.75) is 13.1 Å². The van der Waals surface area contributed by atoms with Crippen molar-refractivity contribution in [3.05, 3.63) is 65.9 Å². The molecule has 0 bridgehead atoms. The van der Waals surface area contributed by atoms with Crippen LogP contribution in [0.15, 0.2) is 54.7 Å². The molecule has 0 saturated carbocycles. The maximum Gasteiger partial charge on any atom is 0.414 e. The zero-order valence-electron chi connectivity index (χ0n) is 17.5. The summed E-state index contributed by atoms with van der Waals surface area (Å²) in [5, 5.41) is 16.1. The first kappa shape index (κ1) is 22.3. The zero-order valence-corrected chi connectivity index (χ0v) is 17.5. The molecule has 3 N–H and O–H groups in total. The number of para-hydroxylation sites is 1. The molecule has 164 valence electrons. The van der Waals surface area contributed by atoms with Gasteiger partial charge in [-0.05, 0) is 29.3 Å². The van der Waals surface area contributed by atoms with E-state index in [1.807, 2.05) is 12.1 Å². The Morgan fingerprint density at radius 3 is 2.06 bits per heavy atom. The lowest BCUT2D eigenvalue weighted by Crippen LogP contribution is -2.45. The van der Waals surface area contributed by atoms with Crippen molar-refractivity contribution in [1.29, 1.82) is 0 Å². The van der Waals surface area contributed by atoms with Gasteiger partial charge in [0.15, 0.2) is 0 Å². The molecule has 2 heterocycles. The molecule has 0 radical (unpaired) electrons. The minimum absolute atomic E-state index is 0.923. The molecular formula is C23H27N3O5. The third kappa shape index (κ3) is 6.31. The molecule has 2 aromatic carbocycles. The van der Waals surface area contributed by atoms with Crippen molar-refractivity contribution in [3.8, 4) is 5.75 Å². The number of H-pyrrole nitrogens is 1. The number of aromatic nitrogens is 1. The van der Waals surface area contributed by atoms with Crippen LogP contribution in [0.25, 0.3) is 10.9 Å². The lowest BCUT2D eigenvalue weighted by atomic mass is 10.1. The molecule has 1 saturated heterocycles. The van der Waals surface area contributed by atoms with E-state index in [0.717, 1.165) is 45.0 Å². The summed E-state index contributed by atoms with van der Waals surface area (Å²) < 4.78 is 5.23. The Bertz CT molecular complexity index is 995. The van der Waals surface area contributed by atoms with Gasteiger partial charge in [-0.25, -0.2) is 9.59 Å². The van der Waals surface area contributed by atoms with E-state index in [2.05, 4.69) is 57.4 Å². The van der Waals surface area contributed by atoms with Crippen molar-refractivity contribution in [2.75, 3.05) is 33.3 Å². The maximum absolute atomic E-state index is 9.10. The summed E-state index contributed by atoms with van der Waals surface area (Å²) in [5.74, 6) is -2.72. The summed E-state index contributed by atoms with van der Waals surface area (Å²) >= 11 is 0. The average Bonchev–Trinajstić information content (AvgIpc) is 3.19. The fourth-order valence-corrected chi connectivity index (χ4v) is 3.60. The van der Waals surface area contributed by atoms with Crippen molar-refractivity contribution >= 4 is 22.8 Å². The van der Waals surface area contributed by atoms with Gasteiger partial charge < -0.3 is 19.9 Å². The van der Waals surface area contributed by atoms with E-state index in [1.54, 1.807) is 7.11 Å². The van der Waals surface area contributed by atoms with Crippen LogP contribution < -0.4 is 4.74 Å². The predicted molar refractivity (Wildman–Crippen MR) is 117 cm³/mol. The van der Waals surface area contributed by atoms with Crippen LogP contribution in [0.3, 0.4) is 0 Å². The van der Waals surface area contributed by atoms with Gasteiger partial charge >= 0.3 is 11.9 Å². The number of hydrogen-bond donors (Lipinski definition) is 3. The summed E-state index contributed by atoms with van der Waals surface area (Å²) in [6, 6.07) is 17.0. The minimum Gasteiger partial charge on any atom is -0.497 e. The Balaban J connectivity index is 0.000000401. The normalized spacial score (nSPS) is 14.6. The second-order valence-corrected chi connectivity index (χ2v) is 7.37. The second kappa shape index (κ2) is 10.6. The smallest absolute Gasteiger partial charge is 0.414 e. The molecule has 8 heteroatoms. The third-order valence-corrected chi connectivity index (χ3v) is 5.28. The molecule has 0 amide bonds. The van der Waals surface area contributed by atoms with Crippen LogP contribution in [0, 0.1) is 0 Å². The molecule has 1 aliphatic heterocycles. The Labute approximate surface area is 180 Å². The van der Waals surface area contributed by atoms with E-state index >= 15 is 0 Å². The number of carboxylic acid groups (broad SMARTS) is 2. The summed E-state index contributed by atoms with van der Waals surface area (Å²) in [6.45, 7) is 6.53. The van der Waals surface area contributed by atoms with Gasteiger partial charge in [-0.1, -0.05) is 30.3 Å². The highest BCUT2D eigenvalue weighted by atomic mass is 16.5. The molecule has 1 aliphatic rings. The van der Waals surface area contributed by atoms with Crippen LogP contribution >= 0.6 is 0 Å². The van der Waals surface area contributed by atoms with Gasteiger partial charge in [0, 0.05) is 56.4 Å². The largest absolute Gasteiger partial charge is 0.497 e. The van der Waals surface area contributed by atoms with Crippen LogP contribution in [0.2, 0.25) is 0 Å². The van der Waals surface area contributed by atoms with E-state index in [0.29, 0.717) is 0 Å². The Morgan fingerprint density at radius 2 is 1.48 bits per heavy atom. The van der Waals surface area contributed by atoms with E-state index in [1.165, 1.54) is 22.0 Å². The summed E-state index contributed by atoms with van der Waals surface area (Å²) in [7, 11) is 1.71. The number of nitrogens with zero attached hydrogens (tertiary/aromatic N) is 2. The first-order valence-corrected chi connectivity index (χ1v) is 10.0. The number of hydrogen-bond acceptors (Lipinski definition) is 5. The molecule has 0 unspecified atom stereocenters. The summed E-state index contributed by atoms with van der Waals surface area (Å²) in [6.07, 6.45) is 2.16. The number of carbonyl (C=O) groups is 2. The monoisotopic (exact) mass is 425 g/mol. The van der Waals surface area contributed by atoms with Gasteiger partial charge in [-0.2, -0.15) is 0 Å². The summed E-state index contributed by atoms with van der Waals surface area (Å²) in [5.41, 5.74) is 3.99. The summed E-state index contributed by atoms with van der Waals surface area (Å²) in [4.78, 5) is 26.7. The fourth-order valence-electron chi connectivity index (χ4n) is 3.60. The highest BCUT2D eigenvalue weighted by Gasteiger charge is 2.18. The first-order chi connectivity index (χ1) is 15.0. The SMILES string of the molecule is COc1ccc(CN2CCN(Cc3c[nH]c4ccccc34)CC2)cc1.O=C(O)C(=O)O. The highest BCUT2D eigenvalue weighted by molar-refractivity contribution is 6.27. The number of rotatable bonds is 5.